The minimum absolute atomic E-state index is 0.0447. The van der Waals surface area contributed by atoms with Gasteiger partial charge in [0, 0.05) is 19.4 Å². The van der Waals surface area contributed by atoms with Gasteiger partial charge in [0.15, 0.2) is 0 Å². The molecule has 0 radical (unpaired) electrons. The van der Waals surface area contributed by atoms with Gasteiger partial charge in [0.05, 0.1) is 0 Å². The number of aryl methyl sites for hydroxylation is 1. The maximum absolute atomic E-state index is 11.4. The molecule has 1 aromatic rings. The van der Waals surface area contributed by atoms with Crippen LogP contribution >= 0.6 is 0 Å². The van der Waals surface area contributed by atoms with E-state index in [0.717, 1.165) is 0 Å². The first-order chi connectivity index (χ1) is 6.79. The van der Waals surface area contributed by atoms with Crippen molar-refractivity contribution in [1.29, 1.82) is 0 Å². The molecule has 1 aromatic heterocycles. The number of esters is 1. The third-order valence-electron chi connectivity index (χ3n) is 1.74. The normalized spacial score (nSPS) is 11.5. The summed E-state index contributed by atoms with van der Waals surface area (Å²) in [5.74, 6) is -0.407. The van der Waals surface area contributed by atoms with Crippen LogP contribution in [0.3, 0.4) is 0 Å². The van der Waals surface area contributed by atoms with E-state index in [1.165, 1.54) is 9.13 Å². The van der Waals surface area contributed by atoms with Crippen molar-refractivity contribution in [2.45, 2.75) is 32.9 Å². The van der Waals surface area contributed by atoms with Gasteiger partial charge in [-0.3, -0.25) is 9.36 Å². The number of aromatic nitrogens is 2. The van der Waals surface area contributed by atoms with E-state index in [2.05, 4.69) is 0 Å². The fourth-order valence-corrected chi connectivity index (χ4v) is 1.14. The molecule has 0 aliphatic carbocycles. The summed E-state index contributed by atoms with van der Waals surface area (Å²) < 4.78 is 7.82. The first kappa shape index (κ1) is 11.6. The molecule has 15 heavy (non-hydrogen) atoms. The van der Waals surface area contributed by atoms with Gasteiger partial charge in [-0.1, -0.05) is 0 Å². The summed E-state index contributed by atoms with van der Waals surface area (Å²) in [6.45, 7) is 5.33. The van der Waals surface area contributed by atoms with Crippen LogP contribution in [0.5, 0.6) is 0 Å². The highest BCUT2D eigenvalue weighted by atomic mass is 16.6. The van der Waals surface area contributed by atoms with Crippen LogP contribution in [0.25, 0.3) is 0 Å². The van der Waals surface area contributed by atoms with Gasteiger partial charge in [-0.2, -0.15) is 0 Å². The highest BCUT2D eigenvalue weighted by molar-refractivity contribution is 5.69. The van der Waals surface area contributed by atoms with E-state index < -0.39 is 11.6 Å². The maximum Gasteiger partial charge on any atom is 0.328 e. The van der Waals surface area contributed by atoms with Crippen LogP contribution in [-0.4, -0.2) is 20.7 Å². The molecular weight excluding hydrogens is 196 g/mol. The second kappa shape index (κ2) is 3.92. The molecule has 0 N–H and O–H groups in total. The number of ether oxygens (including phenoxy) is 1. The minimum Gasteiger partial charge on any atom is -0.459 e. The largest absolute Gasteiger partial charge is 0.459 e. The van der Waals surface area contributed by atoms with E-state index in [0.29, 0.717) is 0 Å². The van der Waals surface area contributed by atoms with Crippen LogP contribution in [0.2, 0.25) is 0 Å². The van der Waals surface area contributed by atoms with Gasteiger partial charge in [-0.05, 0) is 20.8 Å². The van der Waals surface area contributed by atoms with E-state index in [9.17, 15) is 9.59 Å². The van der Waals surface area contributed by atoms with Crippen LogP contribution in [0, 0.1) is 0 Å². The Balaban J connectivity index is 2.68. The van der Waals surface area contributed by atoms with E-state index in [1.54, 1.807) is 40.2 Å². The van der Waals surface area contributed by atoms with Crippen LogP contribution in [-0.2, 0) is 23.1 Å². The molecule has 1 rings (SSSR count). The summed E-state index contributed by atoms with van der Waals surface area (Å²) in [4.78, 5) is 22.8. The number of hydrogen-bond acceptors (Lipinski definition) is 3. The third kappa shape index (κ3) is 3.27. The zero-order valence-corrected chi connectivity index (χ0v) is 9.48. The predicted molar refractivity (Wildman–Crippen MR) is 55.5 cm³/mol. The van der Waals surface area contributed by atoms with Crippen molar-refractivity contribution < 1.29 is 9.53 Å². The zero-order chi connectivity index (χ0) is 11.6. The molecule has 0 atom stereocenters. The van der Waals surface area contributed by atoms with Gasteiger partial charge in [0.1, 0.15) is 12.1 Å². The monoisotopic (exact) mass is 212 g/mol. The lowest BCUT2D eigenvalue weighted by molar-refractivity contribution is -0.155. The summed E-state index contributed by atoms with van der Waals surface area (Å²) in [7, 11) is 1.63. The lowest BCUT2D eigenvalue weighted by Gasteiger charge is -2.19. The zero-order valence-electron chi connectivity index (χ0n) is 9.48. The van der Waals surface area contributed by atoms with Crippen molar-refractivity contribution in [3.8, 4) is 0 Å². The first-order valence-corrected chi connectivity index (χ1v) is 4.73. The van der Waals surface area contributed by atoms with Gasteiger partial charge >= 0.3 is 11.7 Å². The van der Waals surface area contributed by atoms with E-state index in [-0.39, 0.29) is 12.2 Å². The Kier molecular flexibility index (Phi) is 3.02. The number of hydrogen-bond donors (Lipinski definition) is 0. The number of carbonyl (C=O) groups excluding carboxylic acids is 1. The molecule has 0 aliphatic heterocycles. The Morgan fingerprint density at radius 2 is 2.00 bits per heavy atom. The summed E-state index contributed by atoms with van der Waals surface area (Å²) in [6, 6.07) is 0. The van der Waals surface area contributed by atoms with E-state index in [1.807, 2.05) is 0 Å². The fraction of sp³-hybridized carbons (Fsp3) is 0.600. The lowest BCUT2D eigenvalue weighted by atomic mass is 10.2. The first-order valence-electron chi connectivity index (χ1n) is 4.73. The average molecular weight is 212 g/mol. The molecule has 0 spiro atoms. The molecule has 0 unspecified atom stereocenters. The molecule has 5 heteroatoms. The molecule has 0 aromatic carbocycles. The van der Waals surface area contributed by atoms with Crippen molar-refractivity contribution in [2.24, 2.45) is 7.05 Å². The second-order valence-electron chi connectivity index (χ2n) is 4.41. The Bertz CT molecular complexity index is 409. The maximum atomic E-state index is 11.4. The van der Waals surface area contributed by atoms with Crippen molar-refractivity contribution in [3.05, 3.63) is 22.9 Å². The van der Waals surface area contributed by atoms with E-state index in [4.69, 9.17) is 4.74 Å². The SMILES string of the molecule is Cn1ccn(CC(=O)OC(C)(C)C)c1=O. The van der Waals surface area contributed by atoms with Gasteiger partial charge in [0.2, 0.25) is 0 Å². The second-order valence-corrected chi connectivity index (χ2v) is 4.41. The molecule has 0 fully saturated rings. The van der Waals surface area contributed by atoms with Crippen LogP contribution in [0.4, 0.5) is 0 Å². The Morgan fingerprint density at radius 3 is 2.40 bits per heavy atom. The van der Waals surface area contributed by atoms with Gasteiger partial charge in [-0.15, -0.1) is 0 Å². The van der Waals surface area contributed by atoms with Crippen molar-refractivity contribution in [1.82, 2.24) is 9.13 Å². The molecule has 1 heterocycles. The van der Waals surface area contributed by atoms with Gasteiger partial charge in [0.25, 0.3) is 0 Å². The molecule has 84 valence electrons. The van der Waals surface area contributed by atoms with E-state index >= 15 is 0 Å². The fourth-order valence-electron chi connectivity index (χ4n) is 1.14. The smallest absolute Gasteiger partial charge is 0.328 e. The Morgan fingerprint density at radius 1 is 1.40 bits per heavy atom. The molecule has 0 aliphatic rings. The quantitative estimate of drug-likeness (QED) is 0.672. The summed E-state index contributed by atoms with van der Waals surface area (Å²) >= 11 is 0. The molecule has 0 saturated heterocycles. The molecule has 0 saturated carbocycles. The van der Waals surface area contributed by atoms with Crippen molar-refractivity contribution in [3.63, 3.8) is 0 Å². The van der Waals surface area contributed by atoms with Gasteiger partial charge in [-0.25, -0.2) is 4.79 Å². The number of nitrogens with zero attached hydrogens (tertiary/aromatic N) is 2. The molecular formula is C10H16N2O3. The molecule has 0 bridgehead atoms. The Labute approximate surface area is 88.3 Å². The van der Waals surface area contributed by atoms with Gasteiger partial charge < -0.3 is 9.30 Å². The standard InChI is InChI=1S/C10H16N2O3/c1-10(2,3)15-8(13)7-12-6-5-11(4)9(12)14/h5-6H,7H2,1-4H3. The summed E-state index contributed by atoms with van der Waals surface area (Å²) in [5.41, 5.74) is -0.740. The summed E-state index contributed by atoms with van der Waals surface area (Å²) in [5, 5.41) is 0. The Hall–Kier alpha value is -1.52. The molecule has 0 amide bonds. The number of rotatable bonds is 2. The van der Waals surface area contributed by atoms with Crippen LogP contribution in [0.15, 0.2) is 17.2 Å². The van der Waals surface area contributed by atoms with Crippen LogP contribution < -0.4 is 5.69 Å². The average Bonchev–Trinajstić information content (AvgIpc) is 2.32. The molecule has 5 nitrogen and oxygen atoms in total. The predicted octanol–water partition coefficient (Wildman–Crippen LogP) is 0.528. The number of carbonyl (C=O) groups is 1. The van der Waals surface area contributed by atoms with Crippen LogP contribution in [0.1, 0.15) is 20.8 Å². The minimum atomic E-state index is -0.518. The topological polar surface area (TPSA) is 53.2 Å². The highest BCUT2D eigenvalue weighted by Gasteiger charge is 2.17. The number of imidazole rings is 1. The summed E-state index contributed by atoms with van der Waals surface area (Å²) in [6.07, 6.45) is 3.17. The highest BCUT2D eigenvalue weighted by Crippen LogP contribution is 2.07. The third-order valence-corrected chi connectivity index (χ3v) is 1.74. The lowest BCUT2D eigenvalue weighted by Crippen LogP contribution is -2.30. The van der Waals surface area contributed by atoms with Crippen molar-refractivity contribution in [2.75, 3.05) is 0 Å². The van der Waals surface area contributed by atoms with Crippen molar-refractivity contribution >= 4 is 5.97 Å².